The fourth-order valence-electron chi connectivity index (χ4n) is 1.82. The van der Waals surface area contributed by atoms with Crippen LogP contribution >= 0.6 is 0 Å². The highest BCUT2D eigenvalue weighted by Gasteiger charge is 2.17. The van der Waals surface area contributed by atoms with Crippen LogP contribution < -0.4 is 0 Å². The summed E-state index contributed by atoms with van der Waals surface area (Å²) in [6.07, 6.45) is 15.7. The summed E-state index contributed by atoms with van der Waals surface area (Å²) in [4.78, 5) is 0. The van der Waals surface area contributed by atoms with Gasteiger partial charge in [-0.1, -0.05) is 54.5 Å². The smallest absolute Gasteiger partial charge is 0.0169 e. The van der Waals surface area contributed by atoms with E-state index < -0.39 is 0 Å². The number of hydrogen-bond donors (Lipinski definition) is 0. The Hall–Kier alpha value is -1.04. The van der Waals surface area contributed by atoms with Crippen LogP contribution in [0.2, 0.25) is 0 Å². The second-order valence-electron chi connectivity index (χ2n) is 3.39. The SMILES string of the molecule is CCC1=CC2C=CC=CC=C2C1. The fraction of sp³-hybridized carbons (Fsp3) is 0.333. The molecule has 0 aromatic heterocycles. The van der Waals surface area contributed by atoms with Crippen molar-refractivity contribution in [1.29, 1.82) is 0 Å². The predicted octanol–water partition coefficient (Wildman–Crippen LogP) is 3.40. The molecule has 12 heavy (non-hydrogen) atoms. The maximum atomic E-state index is 2.40. The lowest BCUT2D eigenvalue weighted by Gasteiger charge is -2.01. The molecule has 0 bridgehead atoms. The van der Waals surface area contributed by atoms with Crippen molar-refractivity contribution in [1.82, 2.24) is 0 Å². The van der Waals surface area contributed by atoms with E-state index in [1.54, 1.807) is 11.1 Å². The molecule has 1 atom stereocenters. The lowest BCUT2D eigenvalue weighted by Crippen LogP contribution is -1.88. The summed E-state index contributed by atoms with van der Waals surface area (Å²) in [5.74, 6) is 0.593. The van der Waals surface area contributed by atoms with Gasteiger partial charge < -0.3 is 0 Å². The summed E-state index contributed by atoms with van der Waals surface area (Å²) in [6.45, 7) is 2.23. The van der Waals surface area contributed by atoms with Gasteiger partial charge in [0.05, 0.1) is 0 Å². The zero-order valence-electron chi connectivity index (χ0n) is 7.46. The summed E-state index contributed by atoms with van der Waals surface area (Å²) in [6, 6.07) is 0. The largest absolute Gasteiger partial charge is 0.0740 e. The Balaban J connectivity index is 2.25. The van der Waals surface area contributed by atoms with Crippen molar-refractivity contribution in [2.45, 2.75) is 19.8 Å². The molecule has 0 heteroatoms. The first-order valence-electron chi connectivity index (χ1n) is 4.63. The molecule has 2 aliphatic rings. The normalized spacial score (nSPS) is 26.2. The van der Waals surface area contributed by atoms with E-state index in [0.717, 1.165) is 0 Å². The van der Waals surface area contributed by atoms with Gasteiger partial charge in [0, 0.05) is 5.92 Å². The maximum Gasteiger partial charge on any atom is 0.0169 e. The molecule has 2 rings (SSSR count). The molecule has 1 unspecified atom stereocenters. The van der Waals surface area contributed by atoms with Crippen molar-refractivity contribution in [3.8, 4) is 0 Å². The molecule has 0 nitrogen and oxygen atoms in total. The van der Waals surface area contributed by atoms with Crippen LogP contribution in [0.25, 0.3) is 0 Å². The van der Waals surface area contributed by atoms with Gasteiger partial charge in [0.15, 0.2) is 0 Å². The zero-order chi connectivity index (χ0) is 8.39. The Morgan fingerprint density at radius 1 is 1.33 bits per heavy atom. The monoisotopic (exact) mass is 158 g/mol. The fourth-order valence-corrected chi connectivity index (χ4v) is 1.82. The van der Waals surface area contributed by atoms with Crippen LogP contribution in [0.4, 0.5) is 0 Å². The van der Waals surface area contributed by atoms with E-state index in [4.69, 9.17) is 0 Å². The first kappa shape index (κ1) is 7.60. The van der Waals surface area contributed by atoms with Crippen molar-refractivity contribution in [3.05, 3.63) is 47.6 Å². The Morgan fingerprint density at radius 2 is 2.25 bits per heavy atom. The Morgan fingerprint density at radius 3 is 3.08 bits per heavy atom. The molecular weight excluding hydrogens is 144 g/mol. The highest BCUT2D eigenvalue weighted by Crippen LogP contribution is 2.33. The minimum absolute atomic E-state index is 0.593. The molecule has 0 heterocycles. The van der Waals surface area contributed by atoms with Crippen molar-refractivity contribution >= 4 is 0 Å². The predicted molar refractivity (Wildman–Crippen MR) is 52.8 cm³/mol. The van der Waals surface area contributed by atoms with E-state index >= 15 is 0 Å². The van der Waals surface area contributed by atoms with Gasteiger partial charge >= 0.3 is 0 Å². The number of hydrogen-bond acceptors (Lipinski definition) is 0. The molecule has 0 aromatic carbocycles. The summed E-state index contributed by atoms with van der Waals surface area (Å²) < 4.78 is 0. The minimum Gasteiger partial charge on any atom is -0.0740 e. The average Bonchev–Trinajstić information content (AvgIpc) is 2.37. The summed E-state index contributed by atoms with van der Waals surface area (Å²) in [5, 5.41) is 0. The van der Waals surface area contributed by atoms with Crippen molar-refractivity contribution in [2.24, 2.45) is 5.92 Å². The van der Waals surface area contributed by atoms with Gasteiger partial charge in [-0.2, -0.15) is 0 Å². The quantitative estimate of drug-likeness (QED) is 0.513. The van der Waals surface area contributed by atoms with Gasteiger partial charge in [-0.25, -0.2) is 0 Å². The van der Waals surface area contributed by atoms with Crippen LogP contribution in [-0.4, -0.2) is 0 Å². The van der Waals surface area contributed by atoms with Crippen LogP contribution in [0.15, 0.2) is 47.6 Å². The molecule has 2 aliphatic carbocycles. The van der Waals surface area contributed by atoms with E-state index in [-0.39, 0.29) is 0 Å². The summed E-state index contributed by atoms with van der Waals surface area (Å²) >= 11 is 0. The molecule has 0 radical (unpaired) electrons. The van der Waals surface area contributed by atoms with Crippen LogP contribution in [-0.2, 0) is 0 Å². The first-order chi connectivity index (χ1) is 5.90. The first-order valence-corrected chi connectivity index (χ1v) is 4.63. The lowest BCUT2D eigenvalue weighted by atomic mass is 10.0. The van der Waals surface area contributed by atoms with Gasteiger partial charge in [0.2, 0.25) is 0 Å². The minimum atomic E-state index is 0.593. The standard InChI is InChI=1S/C12H14/c1-2-10-8-11-6-4-3-5-7-12(11)9-10/h3-8,11H,2,9H2,1H3. The third kappa shape index (κ3) is 1.29. The van der Waals surface area contributed by atoms with Crippen LogP contribution in [0, 0.1) is 5.92 Å². The highest BCUT2D eigenvalue weighted by atomic mass is 14.2. The molecule has 0 saturated carbocycles. The van der Waals surface area contributed by atoms with Crippen molar-refractivity contribution in [3.63, 3.8) is 0 Å². The molecule has 0 amide bonds. The third-order valence-corrected chi connectivity index (χ3v) is 2.58. The third-order valence-electron chi connectivity index (χ3n) is 2.58. The molecule has 0 saturated heterocycles. The molecule has 0 aliphatic heterocycles. The van der Waals surface area contributed by atoms with Gasteiger partial charge in [0.25, 0.3) is 0 Å². The number of rotatable bonds is 1. The second-order valence-corrected chi connectivity index (χ2v) is 3.39. The summed E-state index contributed by atoms with van der Waals surface area (Å²) in [5.41, 5.74) is 3.14. The van der Waals surface area contributed by atoms with Gasteiger partial charge in [0.1, 0.15) is 0 Å². The molecular formula is C12H14. The Kier molecular flexibility index (Phi) is 1.99. The number of fused-ring (bicyclic) bond motifs is 1. The van der Waals surface area contributed by atoms with Crippen LogP contribution in [0.1, 0.15) is 19.8 Å². The molecule has 62 valence electrons. The summed E-state index contributed by atoms with van der Waals surface area (Å²) in [7, 11) is 0. The zero-order valence-corrected chi connectivity index (χ0v) is 7.46. The second kappa shape index (κ2) is 3.14. The van der Waals surface area contributed by atoms with E-state index in [9.17, 15) is 0 Å². The molecule has 0 spiro atoms. The van der Waals surface area contributed by atoms with Crippen molar-refractivity contribution in [2.75, 3.05) is 0 Å². The highest BCUT2D eigenvalue weighted by molar-refractivity contribution is 5.38. The Bertz CT molecular complexity index is 287. The van der Waals surface area contributed by atoms with Gasteiger partial charge in [-0.15, -0.1) is 0 Å². The van der Waals surface area contributed by atoms with Gasteiger partial charge in [-0.05, 0) is 12.8 Å². The van der Waals surface area contributed by atoms with Gasteiger partial charge in [-0.3, -0.25) is 0 Å². The molecule has 0 N–H and O–H groups in total. The lowest BCUT2D eigenvalue weighted by molar-refractivity contribution is 0.969. The Labute approximate surface area is 74.0 Å². The topological polar surface area (TPSA) is 0 Å². The molecule has 0 fully saturated rings. The van der Waals surface area contributed by atoms with E-state index in [1.807, 2.05) is 0 Å². The average molecular weight is 158 g/mol. The van der Waals surface area contributed by atoms with Crippen molar-refractivity contribution < 1.29 is 0 Å². The van der Waals surface area contributed by atoms with Crippen LogP contribution in [0.5, 0.6) is 0 Å². The molecule has 0 aromatic rings. The van der Waals surface area contributed by atoms with Crippen LogP contribution in [0.3, 0.4) is 0 Å². The maximum absolute atomic E-state index is 2.40. The number of allylic oxidation sites excluding steroid dienone is 8. The van der Waals surface area contributed by atoms with E-state index in [1.165, 1.54) is 12.8 Å². The van der Waals surface area contributed by atoms with E-state index in [2.05, 4.69) is 43.4 Å². The van der Waals surface area contributed by atoms with E-state index in [0.29, 0.717) is 5.92 Å².